The quantitative estimate of drug-likeness (QED) is 0.679. The van der Waals surface area contributed by atoms with Gasteiger partial charge >= 0.3 is 0 Å². The van der Waals surface area contributed by atoms with E-state index < -0.39 is 0 Å². The zero-order chi connectivity index (χ0) is 13.2. The van der Waals surface area contributed by atoms with Crippen LogP contribution in [0.4, 0.5) is 4.39 Å². The normalized spacial score (nSPS) is 10.6. The second kappa shape index (κ2) is 4.86. The summed E-state index contributed by atoms with van der Waals surface area (Å²) in [5, 5.41) is 4.83. The van der Waals surface area contributed by atoms with Crippen LogP contribution < -0.4 is 0 Å². The molecule has 0 unspecified atom stereocenters. The van der Waals surface area contributed by atoms with Crippen molar-refractivity contribution in [3.05, 3.63) is 71.8 Å². The fraction of sp³-hybridized carbons (Fsp3) is 0. The Kier molecular flexibility index (Phi) is 3.05. The van der Waals surface area contributed by atoms with E-state index in [-0.39, 0.29) is 5.82 Å². The van der Waals surface area contributed by atoms with Crippen LogP contribution in [0, 0.1) is 5.82 Å². The molecule has 0 aliphatic heterocycles. The topological polar surface area (TPSA) is 17.8 Å². The third-order valence-corrected chi connectivity index (χ3v) is 3.19. The molecule has 0 saturated heterocycles. The molecule has 0 radical (unpaired) electrons. The Morgan fingerprint density at radius 1 is 1.00 bits per heavy atom. The van der Waals surface area contributed by atoms with Crippen molar-refractivity contribution in [3.63, 3.8) is 0 Å². The van der Waals surface area contributed by atoms with Crippen molar-refractivity contribution in [2.45, 2.75) is 0 Å². The maximum absolute atomic E-state index is 13.7. The van der Waals surface area contributed by atoms with Crippen LogP contribution in [0.15, 0.2) is 60.9 Å². The highest BCUT2D eigenvalue weighted by Crippen LogP contribution is 2.25. The molecule has 19 heavy (non-hydrogen) atoms. The molecule has 1 heterocycles. The first-order valence-corrected chi connectivity index (χ1v) is 6.18. The van der Waals surface area contributed by atoms with Gasteiger partial charge in [0.2, 0.25) is 0 Å². The van der Waals surface area contributed by atoms with Gasteiger partial charge in [-0.05, 0) is 18.2 Å². The summed E-state index contributed by atoms with van der Waals surface area (Å²) in [6, 6.07) is 14.0. The van der Waals surface area contributed by atoms with Gasteiger partial charge in [-0.2, -0.15) is 5.10 Å². The molecule has 0 aliphatic carbocycles. The molecular formula is C15H10ClFN2. The van der Waals surface area contributed by atoms with Crippen LogP contribution in [0.25, 0.3) is 16.8 Å². The Bertz CT molecular complexity index is 661. The number of halogens is 2. The third kappa shape index (κ3) is 2.25. The molecule has 2 aromatic carbocycles. The van der Waals surface area contributed by atoms with Crippen LogP contribution in [0.1, 0.15) is 0 Å². The zero-order valence-electron chi connectivity index (χ0n) is 9.92. The Hall–Kier alpha value is -2.13. The largest absolute Gasteiger partial charge is 0.239 e. The lowest BCUT2D eigenvalue weighted by atomic mass is 10.1. The lowest BCUT2D eigenvalue weighted by Gasteiger charge is -2.03. The summed E-state index contributed by atoms with van der Waals surface area (Å²) >= 11 is 6.11. The SMILES string of the molecule is Fc1ccccc1-c1cnn(-c2ccccc2Cl)c1. The zero-order valence-corrected chi connectivity index (χ0v) is 10.7. The van der Waals surface area contributed by atoms with E-state index in [2.05, 4.69) is 5.10 Å². The number of rotatable bonds is 2. The molecular weight excluding hydrogens is 263 g/mol. The van der Waals surface area contributed by atoms with Crippen LogP contribution >= 0.6 is 11.6 Å². The van der Waals surface area contributed by atoms with Crippen molar-refractivity contribution < 1.29 is 4.39 Å². The van der Waals surface area contributed by atoms with Gasteiger partial charge in [-0.25, -0.2) is 9.07 Å². The minimum absolute atomic E-state index is 0.263. The predicted octanol–water partition coefficient (Wildman–Crippen LogP) is 4.33. The van der Waals surface area contributed by atoms with Gasteiger partial charge in [0, 0.05) is 17.3 Å². The Morgan fingerprint density at radius 3 is 2.53 bits per heavy atom. The number of hydrogen-bond donors (Lipinski definition) is 0. The smallest absolute Gasteiger partial charge is 0.131 e. The fourth-order valence-corrected chi connectivity index (χ4v) is 2.15. The minimum atomic E-state index is -0.263. The van der Waals surface area contributed by atoms with Crippen LogP contribution in [0.2, 0.25) is 5.02 Å². The van der Waals surface area contributed by atoms with Crippen molar-refractivity contribution in [1.82, 2.24) is 9.78 Å². The summed E-state index contributed by atoms with van der Waals surface area (Å²) in [6.45, 7) is 0. The first-order valence-electron chi connectivity index (χ1n) is 5.80. The monoisotopic (exact) mass is 272 g/mol. The molecule has 0 bridgehead atoms. The van der Waals surface area contributed by atoms with E-state index >= 15 is 0 Å². The van der Waals surface area contributed by atoms with Crippen molar-refractivity contribution >= 4 is 11.6 Å². The second-order valence-corrected chi connectivity index (χ2v) is 4.51. The molecule has 0 saturated carbocycles. The number of nitrogens with zero attached hydrogens (tertiary/aromatic N) is 2. The summed E-state index contributed by atoms with van der Waals surface area (Å²) < 4.78 is 15.3. The van der Waals surface area contributed by atoms with Gasteiger partial charge < -0.3 is 0 Å². The summed E-state index contributed by atoms with van der Waals surface area (Å²) in [5.74, 6) is -0.263. The number of para-hydroxylation sites is 1. The van der Waals surface area contributed by atoms with Crippen molar-refractivity contribution in [2.24, 2.45) is 0 Å². The standard InChI is InChI=1S/C15H10ClFN2/c16-13-6-2-4-8-15(13)19-10-11(9-18-19)12-5-1-3-7-14(12)17/h1-10H. The van der Waals surface area contributed by atoms with E-state index in [0.717, 1.165) is 11.3 Å². The number of benzene rings is 2. The maximum Gasteiger partial charge on any atom is 0.131 e. The molecule has 0 fully saturated rings. The summed E-state index contributed by atoms with van der Waals surface area (Å²) in [7, 11) is 0. The molecule has 0 amide bonds. The average Bonchev–Trinajstić information content (AvgIpc) is 2.89. The van der Waals surface area contributed by atoms with E-state index in [1.807, 2.05) is 18.2 Å². The van der Waals surface area contributed by atoms with Gasteiger partial charge in [0.25, 0.3) is 0 Å². The van der Waals surface area contributed by atoms with Crippen molar-refractivity contribution in [1.29, 1.82) is 0 Å². The summed E-state index contributed by atoms with van der Waals surface area (Å²) in [4.78, 5) is 0. The fourth-order valence-electron chi connectivity index (χ4n) is 1.93. The molecule has 3 rings (SSSR count). The molecule has 94 valence electrons. The van der Waals surface area contributed by atoms with Crippen LogP contribution in [-0.4, -0.2) is 9.78 Å². The van der Waals surface area contributed by atoms with Gasteiger partial charge in [0.1, 0.15) is 5.82 Å². The van der Waals surface area contributed by atoms with Gasteiger partial charge in [0.15, 0.2) is 0 Å². The molecule has 3 aromatic rings. The third-order valence-electron chi connectivity index (χ3n) is 2.87. The Labute approximate surface area is 115 Å². The minimum Gasteiger partial charge on any atom is -0.239 e. The second-order valence-electron chi connectivity index (χ2n) is 4.10. The van der Waals surface area contributed by atoms with Crippen LogP contribution in [-0.2, 0) is 0 Å². The van der Waals surface area contributed by atoms with Crippen molar-refractivity contribution in [3.8, 4) is 16.8 Å². The highest BCUT2D eigenvalue weighted by molar-refractivity contribution is 6.32. The molecule has 0 aliphatic rings. The lowest BCUT2D eigenvalue weighted by molar-refractivity contribution is 0.631. The van der Waals surface area contributed by atoms with Crippen molar-refractivity contribution in [2.75, 3.05) is 0 Å². The summed E-state index contributed by atoms with van der Waals surface area (Å²) in [6.07, 6.45) is 3.39. The lowest BCUT2D eigenvalue weighted by Crippen LogP contribution is -1.94. The molecule has 0 spiro atoms. The first-order chi connectivity index (χ1) is 9.25. The van der Waals surface area contributed by atoms with Crippen LogP contribution in [0.3, 0.4) is 0 Å². The van der Waals surface area contributed by atoms with Gasteiger partial charge in [0.05, 0.1) is 16.9 Å². The Balaban J connectivity index is 2.06. The van der Waals surface area contributed by atoms with E-state index in [9.17, 15) is 4.39 Å². The van der Waals surface area contributed by atoms with E-state index in [4.69, 9.17) is 11.6 Å². The van der Waals surface area contributed by atoms with E-state index in [1.54, 1.807) is 41.3 Å². The maximum atomic E-state index is 13.7. The highest BCUT2D eigenvalue weighted by atomic mass is 35.5. The number of aromatic nitrogens is 2. The van der Waals surface area contributed by atoms with Gasteiger partial charge in [-0.1, -0.05) is 41.9 Å². The van der Waals surface area contributed by atoms with E-state index in [0.29, 0.717) is 10.6 Å². The summed E-state index contributed by atoms with van der Waals surface area (Å²) in [5.41, 5.74) is 2.02. The molecule has 0 N–H and O–H groups in total. The molecule has 1 aromatic heterocycles. The van der Waals surface area contributed by atoms with Gasteiger partial charge in [-0.3, -0.25) is 0 Å². The predicted molar refractivity (Wildman–Crippen MR) is 74.0 cm³/mol. The number of hydrogen-bond acceptors (Lipinski definition) is 1. The molecule has 2 nitrogen and oxygen atoms in total. The highest BCUT2D eigenvalue weighted by Gasteiger charge is 2.08. The van der Waals surface area contributed by atoms with Crippen LogP contribution in [0.5, 0.6) is 0 Å². The molecule has 0 atom stereocenters. The Morgan fingerprint density at radius 2 is 1.74 bits per heavy atom. The van der Waals surface area contributed by atoms with E-state index in [1.165, 1.54) is 6.07 Å². The molecule has 4 heteroatoms. The first kappa shape index (κ1) is 11.9. The average molecular weight is 273 g/mol. The van der Waals surface area contributed by atoms with Gasteiger partial charge in [-0.15, -0.1) is 0 Å².